The van der Waals surface area contributed by atoms with Crippen molar-refractivity contribution in [2.75, 3.05) is 13.6 Å². The van der Waals surface area contributed by atoms with Gasteiger partial charge in [-0.15, -0.1) is 24.0 Å². The van der Waals surface area contributed by atoms with Crippen molar-refractivity contribution in [2.24, 2.45) is 17.8 Å². The number of thiol groups is 1. The number of carbonyl (C=O) groups excluding carboxylic acids is 4. The molecule has 1 saturated heterocycles. The summed E-state index contributed by atoms with van der Waals surface area (Å²) >= 11 is 5.77. The molecule has 0 spiro atoms. The van der Waals surface area contributed by atoms with Crippen LogP contribution in [0, 0.1) is 17.8 Å². The van der Waals surface area contributed by atoms with E-state index in [-0.39, 0.29) is 59.4 Å². The van der Waals surface area contributed by atoms with Crippen molar-refractivity contribution in [3.05, 3.63) is 45.9 Å². The Labute approximate surface area is 285 Å². The third kappa shape index (κ3) is 11.2. The predicted molar refractivity (Wildman–Crippen MR) is 187 cm³/mol. The number of hydrogen-bond donors (Lipinski definition) is 4. The van der Waals surface area contributed by atoms with Crippen molar-refractivity contribution in [1.29, 1.82) is 0 Å². The summed E-state index contributed by atoms with van der Waals surface area (Å²) < 4.78 is 7.88. The minimum absolute atomic E-state index is 0.0160. The highest BCUT2D eigenvalue weighted by atomic mass is 32.1. The molecule has 6 unspecified atom stereocenters. The normalized spacial score (nSPS) is 18.7. The van der Waals surface area contributed by atoms with Gasteiger partial charge in [-0.1, -0.05) is 53.2 Å². The number of likely N-dealkylation sites (tertiary alicyclic amines) is 1. The first-order chi connectivity index (χ1) is 22.2. The quantitative estimate of drug-likeness (QED) is 0.174. The molecule has 1 aliphatic heterocycles. The van der Waals surface area contributed by atoms with E-state index in [2.05, 4.69) is 47.4 Å². The zero-order chi connectivity index (χ0) is 34.8. The van der Waals surface area contributed by atoms with E-state index in [1.54, 1.807) is 18.4 Å². The lowest BCUT2D eigenvalue weighted by molar-refractivity contribution is -0.132. The molecule has 0 bridgehead atoms. The lowest BCUT2D eigenvalue weighted by Gasteiger charge is -2.30. The van der Waals surface area contributed by atoms with Crippen LogP contribution in [0.2, 0.25) is 0 Å². The monoisotopic (exact) mass is 673 g/mol. The number of hydrogen-bond acceptors (Lipinski definition) is 8. The van der Waals surface area contributed by atoms with Gasteiger partial charge in [-0.05, 0) is 82.1 Å². The van der Waals surface area contributed by atoms with Crippen molar-refractivity contribution in [1.82, 2.24) is 25.8 Å². The molecule has 46 heavy (non-hydrogen) atoms. The van der Waals surface area contributed by atoms with Crippen molar-refractivity contribution in [3.8, 4) is 0 Å². The lowest BCUT2D eigenvalue weighted by Crippen LogP contribution is -2.56. The van der Waals surface area contributed by atoms with Gasteiger partial charge in [0.2, 0.25) is 11.8 Å². The maximum atomic E-state index is 13.5. The Hall–Kier alpha value is -2.76. The maximum Gasteiger partial charge on any atom is 0.270 e. The van der Waals surface area contributed by atoms with Gasteiger partial charge in [0.25, 0.3) is 5.91 Å². The molecule has 3 rings (SSSR count). The van der Waals surface area contributed by atoms with Crippen molar-refractivity contribution in [3.63, 3.8) is 0 Å². The molecule has 1 aromatic carbocycles. The fourth-order valence-corrected chi connectivity index (χ4v) is 6.84. The Kier molecular flexibility index (Phi) is 14.1. The number of thiazole rings is 1. The maximum absolute atomic E-state index is 13.5. The molecular weight excluding hydrogens is 619 g/mol. The lowest BCUT2D eigenvalue weighted by atomic mass is 9.94. The average molecular weight is 674 g/mol. The molecule has 9 nitrogen and oxygen atoms in total. The Morgan fingerprint density at radius 1 is 1.17 bits per heavy atom. The number of rotatable bonds is 17. The molecule has 0 saturated carbocycles. The number of amides is 3. The van der Waals surface area contributed by atoms with Gasteiger partial charge in [0.15, 0.2) is 0 Å². The molecule has 254 valence electrons. The van der Waals surface area contributed by atoms with Crippen LogP contribution in [0.5, 0.6) is 0 Å². The van der Waals surface area contributed by atoms with Gasteiger partial charge in [0.05, 0.1) is 12.4 Å². The molecule has 1 fully saturated rings. The van der Waals surface area contributed by atoms with Crippen molar-refractivity contribution < 1.29 is 20.5 Å². The largest absolute Gasteiger partial charge is 0.351 e. The van der Waals surface area contributed by atoms with Crippen LogP contribution < -0.4 is 16.0 Å². The molecule has 6 atom stereocenters. The van der Waals surface area contributed by atoms with E-state index >= 15 is 0 Å². The van der Waals surface area contributed by atoms with Gasteiger partial charge >= 0.3 is 0 Å². The summed E-state index contributed by atoms with van der Waals surface area (Å²) in [7, 11) is 1.95. The Bertz CT molecular complexity index is 1390. The Morgan fingerprint density at radius 2 is 1.91 bits per heavy atom. The van der Waals surface area contributed by atoms with E-state index < -0.39 is 6.04 Å². The highest BCUT2D eigenvalue weighted by Gasteiger charge is 2.34. The average Bonchev–Trinajstić information content (AvgIpc) is 3.68. The number of carbonyl (C=O) groups is 4. The predicted octanol–water partition coefficient (Wildman–Crippen LogP) is 5.09. The minimum atomic E-state index is -0.610. The van der Waals surface area contributed by atoms with Crippen LogP contribution in [0.3, 0.4) is 0 Å². The molecule has 0 radical (unpaired) electrons. The van der Waals surface area contributed by atoms with Crippen molar-refractivity contribution in [2.45, 2.75) is 116 Å². The molecule has 2 heterocycles. The summed E-state index contributed by atoms with van der Waals surface area (Å²) in [6.07, 6.45) is 4.74. The summed E-state index contributed by atoms with van der Waals surface area (Å²) in [4.78, 5) is 59.1. The van der Waals surface area contributed by atoms with Crippen LogP contribution in [0.1, 0.15) is 96.1 Å². The van der Waals surface area contributed by atoms with Gasteiger partial charge in [0, 0.05) is 34.7 Å². The fourth-order valence-electron chi connectivity index (χ4n) is 5.80. The van der Waals surface area contributed by atoms with Gasteiger partial charge in [-0.3, -0.25) is 24.1 Å². The standard InChI is InChI=1S/C35H53N5O4S2/c1-8-22(4)32(39-34(43)30-13-10-16-40(30)7)35(44)38-28(21(2)3)14-15-31-37-29(20-46-31)33(42)36-26(17-23(5)24(6)41)18-25-11-9-12-27(45)19-25/h9,11-12,19-23,26,28,30,32,45H,8,10,13-18H2,1-7H3,(H,36,42)(H,38,44)(H,39,43)/i12T. The fraction of sp³-hybridized carbons (Fsp3) is 0.629. The number of likely N-dealkylation sites (N-methyl/N-ethyl adjacent to an activating group) is 1. The number of aromatic nitrogens is 1. The Balaban J connectivity index is 1.63. The number of Topliss-reactive ketones (excluding diaryl/α,β-unsaturated/α-hetero) is 1. The number of nitrogens with one attached hydrogen (secondary N) is 3. The zero-order valence-electron chi connectivity index (χ0n) is 29.4. The van der Waals surface area contributed by atoms with E-state index in [4.69, 9.17) is 1.37 Å². The molecule has 0 aliphatic carbocycles. The van der Waals surface area contributed by atoms with E-state index in [1.165, 1.54) is 11.3 Å². The summed E-state index contributed by atoms with van der Waals surface area (Å²) in [5.74, 6) is -0.583. The summed E-state index contributed by atoms with van der Waals surface area (Å²) in [5, 5.41) is 11.9. The summed E-state index contributed by atoms with van der Waals surface area (Å²) in [5.41, 5.74) is 1.25. The van der Waals surface area contributed by atoms with Crippen LogP contribution in [-0.2, 0) is 27.2 Å². The first-order valence-electron chi connectivity index (χ1n) is 17.0. The van der Waals surface area contributed by atoms with Crippen LogP contribution in [-0.4, -0.2) is 71.1 Å². The third-order valence-corrected chi connectivity index (χ3v) is 10.4. The second kappa shape index (κ2) is 18.0. The molecule has 1 aromatic heterocycles. The highest BCUT2D eigenvalue weighted by molar-refractivity contribution is 7.80. The van der Waals surface area contributed by atoms with E-state index in [0.717, 1.165) is 36.4 Å². The van der Waals surface area contributed by atoms with Gasteiger partial charge < -0.3 is 16.0 Å². The van der Waals surface area contributed by atoms with E-state index in [9.17, 15) is 19.2 Å². The number of aryl methyl sites for hydroxylation is 1. The van der Waals surface area contributed by atoms with Crippen LogP contribution in [0.15, 0.2) is 34.5 Å². The molecular formula is C35H53N5O4S2. The van der Waals surface area contributed by atoms with E-state index in [0.29, 0.717) is 42.3 Å². The zero-order valence-corrected chi connectivity index (χ0v) is 30.1. The molecule has 1 aliphatic rings. The number of nitrogens with zero attached hydrogens (tertiary/aromatic N) is 2. The Morgan fingerprint density at radius 3 is 2.52 bits per heavy atom. The van der Waals surface area contributed by atoms with Gasteiger partial charge in [0.1, 0.15) is 17.5 Å². The van der Waals surface area contributed by atoms with Crippen LogP contribution in [0.4, 0.5) is 0 Å². The highest BCUT2D eigenvalue weighted by Crippen LogP contribution is 2.20. The SMILES string of the molecule is [3H]c1ccc(CC(CC(C)C(C)=O)NC(=O)c2csc(CCC(NC(=O)C(NC(=O)C3CCCN3C)C(C)CC)C(C)C)n2)cc1S. The van der Waals surface area contributed by atoms with E-state index in [1.807, 2.05) is 44.9 Å². The summed E-state index contributed by atoms with van der Waals surface area (Å²) in [6.45, 7) is 12.4. The third-order valence-electron chi connectivity index (χ3n) is 9.20. The van der Waals surface area contributed by atoms with Crippen molar-refractivity contribution >= 4 is 47.5 Å². The van der Waals surface area contributed by atoms with Gasteiger partial charge in [-0.25, -0.2) is 4.98 Å². The molecule has 2 aromatic rings. The summed E-state index contributed by atoms with van der Waals surface area (Å²) in [6, 6.07) is 4.43. The van der Waals surface area contributed by atoms with Gasteiger partial charge in [-0.2, -0.15) is 0 Å². The molecule has 3 N–H and O–H groups in total. The minimum Gasteiger partial charge on any atom is -0.351 e. The molecule has 11 heteroatoms. The first kappa shape index (κ1) is 36.1. The molecule has 3 amide bonds. The number of benzene rings is 1. The second-order valence-corrected chi connectivity index (χ2v) is 14.7. The van der Waals surface area contributed by atoms with Crippen LogP contribution >= 0.6 is 24.0 Å². The first-order valence-corrected chi connectivity index (χ1v) is 17.9. The second-order valence-electron chi connectivity index (χ2n) is 13.2. The smallest absolute Gasteiger partial charge is 0.270 e. The van der Waals surface area contributed by atoms with Crippen LogP contribution in [0.25, 0.3) is 0 Å². The number of ketones is 1. The topological polar surface area (TPSA) is 120 Å².